The van der Waals surface area contributed by atoms with Gasteiger partial charge in [0.1, 0.15) is 17.1 Å². The lowest BCUT2D eigenvalue weighted by molar-refractivity contribution is -0.132. The molecule has 196 valence electrons. The van der Waals surface area contributed by atoms with Crippen molar-refractivity contribution in [2.45, 2.75) is 26.3 Å². The zero-order chi connectivity index (χ0) is 27.1. The highest BCUT2D eigenvalue weighted by molar-refractivity contribution is 7.18. The Hall–Kier alpha value is -4.09. The normalized spacial score (nSPS) is 11.6. The smallest absolute Gasteiger partial charge is 0.261 e. The second-order valence-corrected chi connectivity index (χ2v) is 9.98. The Bertz CT molecular complexity index is 1510. The fourth-order valence-electron chi connectivity index (χ4n) is 3.74. The molecule has 0 unspecified atom stereocenters. The van der Waals surface area contributed by atoms with Crippen LogP contribution in [-0.4, -0.2) is 44.1 Å². The number of nitrogens with zero attached hydrogens (tertiary/aromatic N) is 4. The van der Waals surface area contributed by atoms with Crippen LogP contribution in [0, 0.1) is 5.92 Å². The van der Waals surface area contributed by atoms with Crippen LogP contribution in [0.2, 0.25) is 4.34 Å². The van der Waals surface area contributed by atoms with Crippen molar-refractivity contribution in [3.63, 3.8) is 0 Å². The van der Waals surface area contributed by atoms with Crippen molar-refractivity contribution in [3.8, 4) is 17.1 Å². The number of halogens is 1. The number of Topliss-reactive ketones (excluding diaryl/α,β-unsaturated/α-hetero) is 1. The van der Waals surface area contributed by atoms with Crippen molar-refractivity contribution < 1.29 is 19.1 Å². The molecular weight excluding hydrogens is 530 g/mol. The van der Waals surface area contributed by atoms with Crippen molar-refractivity contribution >= 4 is 40.9 Å². The summed E-state index contributed by atoms with van der Waals surface area (Å²) in [6.45, 7) is 2.15. The minimum absolute atomic E-state index is 0.147. The van der Waals surface area contributed by atoms with Gasteiger partial charge in [-0.15, -0.1) is 16.4 Å². The van der Waals surface area contributed by atoms with E-state index < -0.39 is 11.7 Å². The number of nitrogens with one attached hydrogen (secondary N) is 1. The van der Waals surface area contributed by atoms with E-state index in [9.17, 15) is 19.2 Å². The summed E-state index contributed by atoms with van der Waals surface area (Å²) in [5.74, 6) is -0.766. The Labute approximate surface area is 226 Å². The number of carbonyl (C=O) groups is 3. The van der Waals surface area contributed by atoms with Crippen molar-refractivity contribution in [2.24, 2.45) is 5.92 Å². The van der Waals surface area contributed by atoms with E-state index in [0.717, 1.165) is 0 Å². The minimum Gasteiger partial charge on any atom is -0.491 e. The highest BCUT2D eigenvalue weighted by Crippen LogP contribution is 2.27. The number of pyridine rings is 1. The van der Waals surface area contributed by atoms with Crippen LogP contribution in [0.5, 0.6) is 5.75 Å². The largest absolute Gasteiger partial charge is 0.491 e. The maximum absolute atomic E-state index is 12.4. The number of ketones is 1. The topological polar surface area (TPSA) is 125 Å². The Morgan fingerprint density at radius 3 is 2.76 bits per heavy atom. The summed E-state index contributed by atoms with van der Waals surface area (Å²) in [6, 6.07) is 13.3. The molecule has 0 bridgehead atoms. The molecule has 0 aliphatic carbocycles. The molecule has 0 spiro atoms. The molecule has 1 atom stereocenters. The van der Waals surface area contributed by atoms with Crippen LogP contribution in [0.25, 0.3) is 11.4 Å². The van der Waals surface area contributed by atoms with Crippen LogP contribution in [-0.2, 0) is 16.1 Å². The molecule has 1 amide bonds. The average molecular weight is 554 g/mol. The molecule has 4 aromatic rings. The zero-order valence-corrected chi connectivity index (χ0v) is 21.9. The first-order chi connectivity index (χ1) is 18.4. The van der Waals surface area contributed by atoms with Crippen molar-refractivity contribution in [1.82, 2.24) is 24.9 Å². The summed E-state index contributed by atoms with van der Waals surface area (Å²) in [6.07, 6.45) is 4.51. The monoisotopic (exact) mass is 553 g/mol. The Balaban J connectivity index is 1.56. The van der Waals surface area contributed by atoms with Gasteiger partial charge in [0.2, 0.25) is 0 Å². The third kappa shape index (κ3) is 6.42. The zero-order valence-electron chi connectivity index (χ0n) is 20.4. The van der Waals surface area contributed by atoms with Crippen molar-refractivity contribution in [2.75, 3.05) is 6.61 Å². The van der Waals surface area contributed by atoms with E-state index in [4.69, 9.17) is 16.3 Å². The summed E-state index contributed by atoms with van der Waals surface area (Å²) in [5, 5.41) is 11.1. The number of hydrogen-bond acceptors (Lipinski definition) is 8. The number of benzene rings is 1. The van der Waals surface area contributed by atoms with Gasteiger partial charge in [0.25, 0.3) is 11.5 Å². The molecule has 0 saturated carbocycles. The predicted octanol–water partition coefficient (Wildman–Crippen LogP) is 3.63. The molecular formula is C26H24ClN5O5S. The van der Waals surface area contributed by atoms with E-state index in [1.165, 1.54) is 26.7 Å². The van der Waals surface area contributed by atoms with E-state index in [0.29, 0.717) is 51.2 Å². The van der Waals surface area contributed by atoms with Gasteiger partial charge in [-0.25, -0.2) is 4.68 Å². The first kappa shape index (κ1) is 27.0. The molecule has 4 rings (SSSR count). The lowest BCUT2D eigenvalue weighted by Gasteiger charge is -2.16. The third-order valence-corrected chi connectivity index (χ3v) is 7.02. The molecule has 0 saturated heterocycles. The van der Waals surface area contributed by atoms with Gasteiger partial charge in [0.05, 0.1) is 34.2 Å². The molecule has 3 aromatic heterocycles. The van der Waals surface area contributed by atoms with Gasteiger partial charge in [0, 0.05) is 24.2 Å². The number of hydrogen-bond donors (Lipinski definition) is 1. The summed E-state index contributed by atoms with van der Waals surface area (Å²) in [7, 11) is 0. The fraction of sp³-hybridized carbons (Fsp3) is 0.231. The fourth-order valence-corrected chi connectivity index (χ4v) is 4.70. The van der Waals surface area contributed by atoms with Crippen LogP contribution in [0.4, 0.5) is 0 Å². The predicted molar refractivity (Wildman–Crippen MR) is 142 cm³/mol. The van der Waals surface area contributed by atoms with Gasteiger partial charge in [-0.2, -0.15) is 0 Å². The molecule has 10 nitrogen and oxygen atoms in total. The van der Waals surface area contributed by atoms with Crippen LogP contribution < -0.4 is 15.6 Å². The van der Waals surface area contributed by atoms with Crippen molar-refractivity contribution in [3.05, 3.63) is 86.2 Å². The van der Waals surface area contributed by atoms with Gasteiger partial charge in [0.15, 0.2) is 12.1 Å². The molecule has 1 N–H and O–H groups in total. The van der Waals surface area contributed by atoms with E-state index in [-0.39, 0.29) is 24.6 Å². The van der Waals surface area contributed by atoms with Crippen molar-refractivity contribution in [1.29, 1.82) is 0 Å². The summed E-state index contributed by atoms with van der Waals surface area (Å²) in [4.78, 5) is 47.9. The van der Waals surface area contributed by atoms with Gasteiger partial charge < -0.3 is 10.1 Å². The highest BCUT2D eigenvalue weighted by atomic mass is 35.5. The Morgan fingerprint density at radius 2 is 2.05 bits per heavy atom. The summed E-state index contributed by atoms with van der Waals surface area (Å²) >= 11 is 7.08. The van der Waals surface area contributed by atoms with E-state index in [1.54, 1.807) is 54.9 Å². The number of aldehydes is 1. The van der Waals surface area contributed by atoms with Crippen LogP contribution in [0.3, 0.4) is 0 Å². The molecule has 1 aromatic carbocycles. The molecule has 0 aliphatic heterocycles. The molecule has 38 heavy (non-hydrogen) atoms. The van der Waals surface area contributed by atoms with Gasteiger partial charge in [-0.3, -0.25) is 23.7 Å². The van der Waals surface area contributed by atoms with E-state index in [2.05, 4.69) is 15.6 Å². The number of ether oxygens (including phenoxy) is 1. The molecule has 3 heterocycles. The maximum Gasteiger partial charge on any atom is 0.261 e. The average Bonchev–Trinajstić information content (AvgIpc) is 3.59. The Morgan fingerprint density at radius 1 is 1.21 bits per heavy atom. The van der Waals surface area contributed by atoms with Gasteiger partial charge >= 0.3 is 0 Å². The second-order valence-electron chi connectivity index (χ2n) is 8.26. The number of aromatic nitrogens is 4. The molecule has 0 fully saturated rings. The molecule has 0 aliphatic rings. The van der Waals surface area contributed by atoms with Gasteiger partial charge in [-0.05, 0) is 43.2 Å². The standard InChI is InChI=1S/C26H24ClN5O5S/c1-2-17(21(34)16-33)10-12-37-22-13-19(31-11-4-3-5-25(31)35)6-7-20(22)32-15-18(29-30-32)14-28-26(36)23-8-9-24(27)38-23/h3-9,11,13,15-17H,2,10,12,14H2,1H3,(H,28,36)/t17-/m0/s1. The summed E-state index contributed by atoms with van der Waals surface area (Å²) in [5.41, 5.74) is 1.42. The molecule has 0 radical (unpaired) electrons. The van der Waals surface area contributed by atoms with E-state index >= 15 is 0 Å². The third-order valence-electron chi connectivity index (χ3n) is 5.79. The number of rotatable bonds is 12. The summed E-state index contributed by atoms with van der Waals surface area (Å²) < 4.78 is 9.54. The number of carbonyl (C=O) groups excluding carboxylic acids is 3. The highest BCUT2D eigenvalue weighted by Gasteiger charge is 2.17. The molecule has 12 heteroatoms. The lowest BCUT2D eigenvalue weighted by Crippen LogP contribution is -2.21. The maximum atomic E-state index is 12.4. The van der Waals surface area contributed by atoms with Crippen LogP contribution >= 0.6 is 22.9 Å². The van der Waals surface area contributed by atoms with Crippen LogP contribution in [0.1, 0.15) is 35.1 Å². The SMILES string of the molecule is CC[C@@H](CCOc1cc(-n2ccccc2=O)ccc1-n1cc(CNC(=O)c2ccc(Cl)s2)nn1)C(=O)C=O. The first-order valence-electron chi connectivity index (χ1n) is 11.8. The first-order valence-corrected chi connectivity index (χ1v) is 13.0. The Kier molecular flexibility index (Phi) is 8.82. The number of thiophene rings is 1. The minimum atomic E-state index is -0.464. The van der Waals surface area contributed by atoms with Crippen LogP contribution in [0.15, 0.2) is 65.7 Å². The lowest BCUT2D eigenvalue weighted by atomic mass is 9.98. The quantitative estimate of drug-likeness (QED) is 0.210. The second kappa shape index (κ2) is 12.4. The number of amides is 1. The van der Waals surface area contributed by atoms with Gasteiger partial charge in [-0.1, -0.05) is 29.8 Å². The van der Waals surface area contributed by atoms with E-state index in [1.807, 2.05) is 6.92 Å².